The fourth-order valence-electron chi connectivity index (χ4n) is 3.53. The van der Waals surface area contributed by atoms with Crippen LogP contribution in [0, 0.1) is 41.4 Å². The maximum absolute atomic E-state index is 3.68. The molecule has 0 radical (unpaired) electrons. The van der Waals surface area contributed by atoms with Crippen LogP contribution in [0.25, 0.3) is 0 Å². The van der Waals surface area contributed by atoms with Gasteiger partial charge in [-0.3, -0.25) is 0 Å². The lowest BCUT2D eigenvalue weighted by atomic mass is 9.69. The average Bonchev–Trinajstić information content (AvgIpc) is 2.39. The van der Waals surface area contributed by atoms with Gasteiger partial charge in [0.15, 0.2) is 0 Å². The molecule has 1 fully saturated rings. The summed E-state index contributed by atoms with van der Waals surface area (Å²) in [5, 5.41) is 3.68. The quantitative estimate of drug-likeness (QED) is 0.664. The zero-order valence-corrected chi connectivity index (χ0v) is 14.3. The molecule has 0 aliphatic heterocycles. The van der Waals surface area contributed by atoms with Crippen LogP contribution in [0.2, 0.25) is 0 Å². The van der Waals surface area contributed by atoms with Gasteiger partial charge in [0.25, 0.3) is 0 Å². The molecule has 1 N–H and O–H groups in total. The molecular formula is C19H35N. The second-order valence-electron chi connectivity index (χ2n) is 7.35. The van der Waals surface area contributed by atoms with E-state index in [1.54, 1.807) is 0 Å². The standard InChI is InChI=1S/C19H35N/c1-6-7-8-9-18-12-17(16(4)5)10-11-19(18)14-20-13-15(2)3/h15-20H,8-14H2,1-5H3. The van der Waals surface area contributed by atoms with Crippen LogP contribution in [0.15, 0.2) is 0 Å². The van der Waals surface area contributed by atoms with Crippen LogP contribution in [0.1, 0.15) is 66.7 Å². The topological polar surface area (TPSA) is 12.0 Å². The van der Waals surface area contributed by atoms with Crippen LogP contribution in [0.5, 0.6) is 0 Å². The summed E-state index contributed by atoms with van der Waals surface area (Å²) in [6.07, 6.45) is 6.67. The highest BCUT2D eigenvalue weighted by Gasteiger charge is 2.30. The van der Waals surface area contributed by atoms with Crippen molar-refractivity contribution in [2.24, 2.45) is 29.6 Å². The van der Waals surface area contributed by atoms with Gasteiger partial charge in [0, 0.05) is 6.42 Å². The molecule has 0 spiro atoms. The van der Waals surface area contributed by atoms with Crippen molar-refractivity contribution in [3.05, 3.63) is 0 Å². The van der Waals surface area contributed by atoms with E-state index in [0.717, 1.165) is 42.6 Å². The predicted octanol–water partition coefficient (Wildman–Crippen LogP) is 4.72. The van der Waals surface area contributed by atoms with E-state index in [1.165, 1.54) is 32.2 Å². The molecule has 116 valence electrons. The first-order chi connectivity index (χ1) is 9.54. The first kappa shape index (κ1) is 17.6. The van der Waals surface area contributed by atoms with Crippen molar-refractivity contribution in [2.45, 2.75) is 66.7 Å². The van der Waals surface area contributed by atoms with Crippen LogP contribution < -0.4 is 5.32 Å². The van der Waals surface area contributed by atoms with Crippen LogP contribution >= 0.6 is 0 Å². The SMILES string of the molecule is CC#CCCC1CC(C(C)C)CCC1CNCC(C)C. The Hall–Kier alpha value is -0.480. The molecule has 0 aromatic rings. The Bertz CT molecular complexity index is 305. The highest BCUT2D eigenvalue weighted by molar-refractivity contribution is 4.96. The van der Waals surface area contributed by atoms with Gasteiger partial charge in [-0.2, -0.15) is 0 Å². The summed E-state index contributed by atoms with van der Waals surface area (Å²) in [5.74, 6) is 10.6. The number of hydrogen-bond acceptors (Lipinski definition) is 1. The highest BCUT2D eigenvalue weighted by atomic mass is 14.9. The molecule has 1 heteroatoms. The molecule has 3 atom stereocenters. The van der Waals surface area contributed by atoms with E-state index >= 15 is 0 Å². The lowest BCUT2D eigenvalue weighted by Crippen LogP contribution is -2.35. The van der Waals surface area contributed by atoms with Gasteiger partial charge in [-0.05, 0) is 75.3 Å². The van der Waals surface area contributed by atoms with E-state index in [2.05, 4.69) is 44.9 Å². The maximum Gasteiger partial charge on any atom is 0.00913 e. The summed E-state index contributed by atoms with van der Waals surface area (Å²) < 4.78 is 0. The van der Waals surface area contributed by atoms with Crippen molar-refractivity contribution in [3.8, 4) is 11.8 Å². The summed E-state index contributed by atoms with van der Waals surface area (Å²) in [5.41, 5.74) is 0. The third kappa shape index (κ3) is 6.31. The molecule has 1 aliphatic carbocycles. The van der Waals surface area contributed by atoms with Crippen molar-refractivity contribution < 1.29 is 0 Å². The van der Waals surface area contributed by atoms with E-state index in [1.807, 2.05) is 6.92 Å². The van der Waals surface area contributed by atoms with Gasteiger partial charge in [-0.15, -0.1) is 11.8 Å². The minimum atomic E-state index is 0.756. The second kappa shape index (κ2) is 9.46. The Morgan fingerprint density at radius 3 is 2.45 bits per heavy atom. The second-order valence-corrected chi connectivity index (χ2v) is 7.35. The summed E-state index contributed by atoms with van der Waals surface area (Å²) in [7, 11) is 0. The minimum Gasteiger partial charge on any atom is -0.316 e. The summed E-state index contributed by atoms with van der Waals surface area (Å²) in [4.78, 5) is 0. The number of rotatable bonds is 7. The molecule has 1 aliphatic rings. The zero-order valence-electron chi connectivity index (χ0n) is 14.3. The van der Waals surface area contributed by atoms with Crippen LogP contribution in [-0.2, 0) is 0 Å². The van der Waals surface area contributed by atoms with Crippen LogP contribution in [0.3, 0.4) is 0 Å². The normalized spacial score (nSPS) is 26.6. The minimum absolute atomic E-state index is 0.756. The maximum atomic E-state index is 3.68. The molecule has 3 unspecified atom stereocenters. The first-order valence-electron chi connectivity index (χ1n) is 8.64. The fraction of sp³-hybridized carbons (Fsp3) is 0.895. The largest absolute Gasteiger partial charge is 0.316 e. The van der Waals surface area contributed by atoms with Gasteiger partial charge in [-0.1, -0.05) is 27.7 Å². The van der Waals surface area contributed by atoms with Gasteiger partial charge < -0.3 is 5.32 Å². The van der Waals surface area contributed by atoms with E-state index in [4.69, 9.17) is 0 Å². The van der Waals surface area contributed by atoms with E-state index in [-0.39, 0.29) is 0 Å². The van der Waals surface area contributed by atoms with E-state index in [9.17, 15) is 0 Å². The Balaban J connectivity index is 2.48. The van der Waals surface area contributed by atoms with Crippen molar-refractivity contribution in [3.63, 3.8) is 0 Å². The lowest BCUT2D eigenvalue weighted by molar-refractivity contribution is 0.138. The van der Waals surface area contributed by atoms with Gasteiger partial charge >= 0.3 is 0 Å². The molecule has 0 bridgehead atoms. The monoisotopic (exact) mass is 277 g/mol. The molecule has 20 heavy (non-hydrogen) atoms. The molecule has 1 saturated carbocycles. The lowest BCUT2D eigenvalue weighted by Gasteiger charge is -2.38. The van der Waals surface area contributed by atoms with Crippen molar-refractivity contribution in [1.29, 1.82) is 0 Å². The average molecular weight is 277 g/mol. The Kier molecular flexibility index (Phi) is 8.31. The molecular weight excluding hydrogens is 242 g/mol. The third-order valence-corrected chi connectivity index (χ3v) is 4.90. The highest BCUT2D eigenvalue weighted by Crippen LogP contribution is 2.39. The molecule has 0 amide bonds. The van der Waals surface area contributed by atoms with Crippen LogP contribution in [-0.4, -0.2) is 13.1 Å². The molecule has 1 rings (SSSR count). The van der Waals surface area contributed by atoms with Crippen molar-refractivity contribution >= 4 is 0 Å². The Morgan fingerprint density at radius 1 is 1.10 bits per heavy atom. The first-order valence-corrected chi connectivity index (χ1v) is 8.64. The zero-order chi connectivity index (χ0) is 15.0. The van der Waals surface area contributed by atoms with Crippen molar-refractivity contribution in [1.82, 2.24) is 5.32 Å². The van der Waals surface area contributed by atoms with Crippen molar-refractivity contribution in [2.75, 3.05) is 13.1 Å². The van der Waals surface area contributed by atoms with Gasteiger partial charge in [0.05, 0.1) is 0 Å². The smallest absolute Gasteiger partial charge is 0.00913 e. The summed E-state index contributed by atoms with van der Waals surface area (Å²) in [6.45, 7) is 13.7. The van der Waals surface area contributed by atoms with Gasteiger partial charge in [0.2, 0.25) is 0 Å². The fourth-order valence-corrected chi connectivity index (χ4v) is 3.53. The van der Waals surface area contributed by atoms with E-state index in [0.29, 0.717) is 0 Å². The third-order valence-electron chi connectivity index (χ3n) is 4.90. The molecule has 0 heterocycles. The molecule has 0 aromatic carbocycles. The molecule has 1 nitrogen and oxygen atoms in total. The van der Waals surface area contributed by atoms with Crippen LogP contribution in [0.4, 0.5) is 0 Å². The summed E-state index contributed by atoms with van der Waals surface area (Å²) >= 11 is 0. The predicted molar refractivity (Wildman–Crippen MR) is 89.6 cm³/mol. The van der Waals surface area contributed by atoms with Gasteiger partial charge in [-0.25, -0.2) is 0 Å². The Labute approximate surface area is 127 Å². The number of hydrogen-bond donors (Lipinski definition) is 1. The summed E-state index contributed by atoms with van der Waals surface area (Å²) in [6, 6.07) is 0. The van der Waals surface area contributed by atoms with E-state index < -0.39 is 0 Å². The Morgan fingerprint density at radius 2 is 1.85 bits per heavy atom. The molecule has 0 saturated heterocycles. The van der Waals surface area contributed by atoms with Gasteiger partial charge in [0.1, 0.15) is 0 Å². The number of nitrogens with one attached hydrogen (secondary N) is 1. The molecule has 0 aromatic heterocycles.